The lowest BCUT2D eigenvalue weighted by Gasteiger charge is -1.90. The Morgan fingerprint density at radius 2 is 2.24 bits per heavy atom. The molecule has 0 spiro atoms. The van der Waals surface area contributed by atoms with Gasteiger partial charge in [-0.2, -0.15) is 0 Å². The van der Waals surface area contributed by atoms with Crippen molar-refractivity contribution >= 4 is 33.3 Å². The molecule has 17 heavy (non-hydrogen) atoms. The van der Waals surface area contributed by atoms with Crippen LogP contribution in [0, 0.1) is 6.92 Å². The summed E-state index contributed by atoms with van der Waals surface area (Å²) in [5.74, 6) is 1.65. The van der Waals surface area contributed by atoms with E-state index in [4.69, 9.17) is 4.52 Å². The Morgan fingerprint density at radius 1 is 1.35 bits per heavy atom. The number of rotatable bonds is 3. The molecule has 3 aromatic rings. The molecule has 86 valence electrons. The molecule has 1 aromatic carbocycles. The maximum absolute atomic E-state index is 5.03. The third-order valence-corrected chi connectivity index (χ3v) is 4.51. The van der Waals surface area contributed by atoms with Crippen LogP contribution in [-0.4, -0.2) is 10.1 Å². The second kappa shape index (κ2) is 4.50. The topological polar surface area (TPSA) is 38.9 Å². The van der Waals surface area contributed by atoms with Crippen LogP contribution < -0.4 is 0 Å². The van der Waals surface area contributed by atoms with Crippen LogP contribution in [0.15, 0.2) is 39.2 Å². The zero-order valence-electron chi connectivity index (χ0n) is 9.21. The average molecular weight is 262 g/mol. The molecule has 0 aliphatic carbocycles. The number of thiazole rings is 1. The van der Waals surface area contributed by atoms with Gasteiger partial charge in [0.1, 0.15) is 5.76 Å². The number of thioether (sulfide) groups is 1. The van der Waals surface area contributed by atoms with Gasteiger partial charge in [-0.15, -0.1) is 11.3 Å². The number of benzene rings is 1. The molecule has 5 heteroatoms. The molecule has 0 atom stereocenters. The van der Waals surface area contributed by atoms with Crippen molar-refractivity contribution in [2.45, 2.75) is 17.0 Å². The van der Waals surface area contributed by atoms with Crippen molar-refractivity contribution in [1.82, 2.24) is 10.1 Å². The molecule has 3 rings (SSSR count). The van der Waals surface area contributed by atoms with E-state index in [9.17, 15) is 0 Å². The summed E-state index contributed by atoms with van der Waals surface area (Å²) in [6, 6.07) is 10.1. The second-order valence-corrected chi connectivity index (χ2v) is 5.92. The van der Waals surface area contributed by atoms with Crippen molar-refractivity contribution in [3.05, 3.63) is 41.8 Å². The summed E-state index contributed by atoms with van der Waals surface area (Å²) in [6.45, 7) is 1.90. The fourth-order valence-electron chi connectivity index (χ4n) is 1.53. The average Bonchev–Trinajstić information content (AvgIpc) is 2.91. The summed E-state index contributed by atoms with van der Waals surface area (Å²) in [5, 5.41) is 3.97. The minimum absolute atomic E-state index is 0.803. The Bertz CT molecular complexity index is 612. The molecule has 0 aliphatic heterocycles. The molecular weight excluding hydrogens is 252 g/mol. The number of fused-ring (bicyclic) bond motifs is 1. The molecule has 0 aliphatic rings. The van der Waals surface area contributed by atoms with E-state index in [1.165, 1.54) is 4.70 Å². The summed E-state index contributed by atoms with van der Waals surface area (Å²) in [6.07, 6.45) is 0. The first-order valence-electron chi connectivity index (χ1n) is 5.22. The molecule has 0 unspecified atom stereocenters. The van der Waals surface area contributed by atoms with Crippen LogP contribution in [0.4, 0.5) is 0 Å². The minimum atomic E-state index is 0.803. The van der Waals surface area contributed by atoms with Crippen LogP contribution in [0.25, 0.3) is 10.2 Å². The maximum atomic E-state index is 5.03. The van der Waals surface area contributed by atoms with Crippen molar-refractivity contribution in [2.24, 2.45) is 0 Å². The maximum Gasteiger partial charge on any atom is 0.151 e. The van der Waals surface area contributed by atoms with Gasteiger partial charge in [0.05, 0.1) is 15.9 Å². The van der Waals surface area contributed by atoms with Crippen molar-refractivity contribution in [3.63, 3.8) is 0 Å². The molecule has 0 fully saturated rings. The molecule has 3 nitrogen and oxygen atoms in total. The van der Waals surface area contributed by atoms with Gasteiger partial charge in [-0.1, -0.05) is 29.1 Å². The van der Waals surface area contributed by atoms with E-state index in [2.05, 4.69) is 16.2 Å². The zero-order valence-corrected chi connectivity index (χ0v) is 10.8. The van der Waals surface area contributed by atoms with Crippen molar-refractivity contribution < 1.29 is 4.52 Å². The van der Waals surface area contributed by atoms with Crippen molar-refractivity contribution in [3.8, 4) is 0 Å². The Labute approximate surface area is 107 Å². The van der Waals surface area contributed by atoms with E-state index >= 15 is 0 Å². The summed E-state index contributed by atoms with van der Waals surface area (Å²) < 4.78 is 7.34. The first kappa shape index (κ1) is 10.8. The fourth-order valence-corrected chi connectivity index (χ4v) is 3.48. The van der Waals surface area contributed by atoms with E-state index in [0.717, 1.165) is 27.1 Å². The highest BCUT2D eigenvalue weighted by Crippen LogP contribution is 2.31. The lowest BCUT2D eigenvalue weighted by Crippen LogP contribution is -1.78. The highest BCUT2D eigenvalue weighted by molar-refractivity contribution is 8.00. The van der Waals surface area contributed by atoms with Crippen LogP contribution in [-0.2, 0) is 5.75 Å². The quantitative estimate of drug-likeness (QED) is 0.671. The van der Waals surface area contributed by atoms with Crippen LogP contribution >= 0.6 is 23.1 Å². The standard InChI is InChI=1S/C12H10N2OS2/c1-8-6-9(14-15-8)7-16-12-13-10-4-2-3-5-11(10)17-12/h2-6H,7H2,1H3. The molecule has 0 radical (unpaired) electrons. The molecule has 0 bridgehead atoms. The molecule has 0 saturated heterocycles. The summed E-state index contributed by atoms with van der Waals surface area (Å²) >= 11 is 3.41. The van der Waals surface area contributed by atoms with E-state index in [1.54, 1.807) is 23.1 Å². The van der Waals surface area contributed by atoms with Gasteiger partial charge in [-0.3, -0.25) is 0 Å². The normalized spacial score (nSPS) is 11.1. The van der Waals surface area contributed by atoms with Gasteiger partial charge in [-0.05, 0) is 19.1 Å². The van der Waals surface area contributed by atoms with E-state index in [1.807, 2.05) is 31.2 Å². The molecule has 0 amide bonds. The lowest BCUT2D eigenvalue weighted by atomic mass is 10.3. The molecule has 0 N–H and O–H groups in total. The van der Waals surface area contributed by atoms with Gasteiger partial charge in [0, 0.05) is 11.8 Å². The Balaban J connectivity index is 1.76. The first-order valence-corrected chi connectivity index (χ1v) is 7.02. The highest BCUT2D eigenvalue weighted by Gasteiger charge is 2.06. The third-order valence-electron chi connectivity index (χ3n) is 2.29. The van der Waals surface area contributed by atoms with Gasteiger partial charge in [0.25, 0.3) is 0 Å². The number of para-hydroxylation sites is 1. The number of hydrogen-bond acceptors (Lipinski definition) is 5. The van der Waals surface area contributed by atoms with Gasteiger partial charge in [0.15, 0.2) is 4.34 Å². The molecule has 2 aromatic heterocycles. The fraction of sp³-hybridized carbons (Fsp3) is 0.167. The summed E-state index contributed by atoms with van der Waals surface area (Å²) in [4.78, 5) is 4.56. The number of aryl methyl sites for hydroxylation is 1. The lowest BCUT2D eigenvalue weighted by molar-refractivity contribution is 0.393. The van der Waals surface area contributed by atoms with Crippen molar-refractivity contribution in [2.75, 3.05) is 0 Å². The molecule has 2 heterocycles. The SMILES string of the molecule is Cc1cc(CSc2nc3ccccc3s2)no1. The van der Waals surface area contributed by atoms with Crippen molar-refractivity contribution in [1.29, 1.82) is 0 Å². The predicted molar refractivity (Wildman–Crippen MR) is 70.4 cm³/mol. The van der Waals surface area contributed by atoms with Crippen LogP contribution in [0.2, 0.25) is 0 Å². The van der Waals surface area contributed by atoms with E-state index in [-0.39, 0.29) is 0 Å². The zero-order chi connectivity index (χ0) is 11.7. The Hall–Kier alpha value is -1.33. The highest BCUT2D eigenvalue weighted by atomic mass is 32.2. The number of hydrogen-bond donors (Lipinski definition) is 0. The number of aromatic nitrogens is 2. The Kier molecular flexibility index (Phi) is 2.86. The van der Waals surface area contributed by atoms with Gasteiger partial charge in [0.2, 0.25) is 0 Å². The van der Waals surface area contributed by atoms with Crippen LogP contribution in [0.1, 0.15) is 11.5 Å². The minimum Gasteiger partial charge on any atom is -0.361 e. The first-order chi connectivity index (χ1) is 8.31. The van der Waals surface area contributed by atoms with Gasteiger partial charge < -0.3 is 4.52 Å². The largest absolute Gasteiger partial charge is 0.361 e. The summed E-state index contributed by atoms with van der Waals surface area (Å²) in [5.41, 5.74) is 2.03. The second-order valence-electron chi connectivity index (χ2n) is 3.67. The molecular formula is C12H10N2OS2. The summed E-state index contributed by atoms with van der Waals surface area (Å²) in [7, 11) is 0. The van der Waals surface area contributed by atoms with Crippen LogP contribution in [0.3, 0.4) is 0 Å². The predicted octanol–water partition coefficient (Wildman–Crippen LogP) is 3.89. The smallest absolute Gasteiger partial charge is 0.151 e. The number of nitrogens with zero attached hydrogens (tertiary/aromatic N) is 2. The van der Waals surface area contributed by atoms with Crippen LogP contribution in [0.5, 0.6) is 0 Å². The monoisotopic (exact) mass is 262 g/mol. The Morgan fingerprint density at radius 3 is 3.00 bits per heavy atom. The van der Waals surface area contributed by atoms with Gasteiger partial charge in [-0.25, -0.2) is 4.98 Å². The molecule has 0 saturated carbocycles. The van der Waals surface area contributed by atoms with Gasteiger partial charge >= 0.3 is 0 Å². The van der Waals surface area contributed by atoms with E-state index in [0.29, 0.717) is 0 Å². The van der Waals surface area contributed by atoms with E-state index < -0.39 is 0 Å². The third kappa shape index (κ3) is 2.35.